The maximum Gasteiger partial charge on any atom is 0.153 e. The van der Waals surface area contributed by atoms with Crippen molar-refractivity contribution in [2.45, 2.75) is 6.54 Å². The van der Waals surface area contributed by atoms with Gasteiger partial charge in [-0.15, -0.1) is 0 Å². The predicted molar refractivity (Wildman–Crippen MR) is 82.9 cm³/mol. The van der Waals surface area contributed by atoms with Crippen LogP contribution in [0, 0.1) is 0 Å². The van der Waals surface area contributed by atoms with Gasteiger partial charge in [0, 0.05) is 24.0 Å². The predicted octanol–water partition coefficient (Wildman–Crippen LogP) is 2.58. The number of hydrogen-bond donors (Lipinski definition) is 1. The van der Waals surface area contributed by atoms with E-state index in [2.05, 4.69) is 15.2 Å². The van der Waals surface area contributed by atoms with Crippen molar-refractivity contribution >= 4 is 5.65 Å². The molecule has 0 saturated carbocycles. The molecule has 0 fully saturated rings. The molecule has 1 aromatic carbocycles. The van der Waals surface area contributed by atoms with Crippen LogP contribution in [0.5, 0.6) is 5.75 Å². The van der Waals surface area contributed by atoms with Crippen molar-refractivity contribution in [2.75, 3.05) is 7.11 Å². The summed E-state index contributed by atoms with van der Waals surface area (Å²) in [7, 11) is 1.67. The Kier molecular flexibility index (Phi) is 2.93. The molecule has 0 aliphatic rings. The molecule has 0 atom stereocenters. The molecule has 0 bridgehead atoms. The Morgan fingerprint density at radius 1 is 1.14 bits per heavy atom. The van der Waals surface area contributed by atoms with Crippen molar-refractivity contribution in [3.05, 3.63) is 60.7 Å². The van der Waals surface area contributed by atoms with Crippen molar-refractivity contribution in [3.63, 3.8) is 0 Å². The monoisotopic (exact) mass is 293 g/mol. The molecule has 0 amide bonds. The first kappa shape index (κ1) is 12.7. The first-order chi connectivity index (χ1) is 10.8. The van der Waals surface area contributed by atoms with Gasteiger partial charge in [-0.05, 0) is 17.7 Å². The highest BCUT2D eigenvalue weighted by molar-refractivity contribution is 5.61. The molecule has 0 aliphatic carbocycles. The second-order valence-electron chi connectivity index (χ2n) is 5.07. The van der Waals surface area contributed by atoms with E-state index in [1.165, 1.54) is 5.56 Å². The summed E-state index contributed by atoms with van der Waals surface area (Å²) in [5.74, 6) is 0.860. The van der Waals surface area contributed by atoms with E-state index in [9.17, 15) is 0 Å². The first-order valence-corrected chi connectivity index (χ1v) is 7.00. The molecule has 4 aromatic rings. The van der Waals surface area contributed by atoms with Crippen molar-refractivity contribution in [1.82, 2.24) is 24.4 Å². The van der Waals surface area contributed by atoms with Crippen LogP contribution in [0.25, 0.3) is 16.9 Å². The van der Waals surface area contributed by atoms with Crippen LogP contribution in [-0.2, 0) is 6.54 Å². The summed E-state index contributed by atoms with van der Waals surface area (Å²) in [5.41, 5.74) is 4.11. The van der Waals surface area contributed by atoms with E-state index >= 15 is 0 Å². The van der Waals surface area contributed by atoms with Gasteiger partial charge in [-0.1, -0.05) is 12.1 Å². The van der Waals surface area contributed by atoms with E-state index in [0.29, 0.717) is 0 Å². The lowest BCUT2D eigenvalue weighted by atomic mass is 10.2. The molecular formula is C16H15N5O. The summed E-state index contributed by atoms with van der Waals surface area (Å²) in [5, 5.41) is 7.57. The molecule has 0 aliphatic heterocycles. The number of aromatic amines is 1. The van der Waals surface area contributed by atoms with Crippen LogP contribution in [0.3, 0.4) is 0 Å². The van der Waals surface area contributed by atoms with Gasteiger partial charge in [0.2, 0.25) is 0 Å². The van der Waals surface area contributed by atoms with Crippen molar-refractivity contribution in [3.8, 4) is 17.0 Å². The fourth-order valence-corrected chi connectivity index (χ4v) is 2.51. The maximum absolute atomic E-state index is 5.17. The molecule has 3 heterocycles. The summed E-state index contributed by atoms with van der Waals surface area (Å²) in [6, 6.07) is 9.94. The van der Waals surface area contributed by atoms with Crippen molar-refractivity contribution < 1.29 is 4.74 Å². The lowest BCUT2D eigenvalue weighted by molar-refractivity contribution is 0.414. The summed E-state index contributed by atoms with van der Waals surface area (Å²) >= 11 is 0. The van der Waals surface area contributed by atoms with Crippen LogP contribution < -0.4 is 4.74 Å². The Morgan fingerprint density at radius 2 is 2.00 bits per heavy atom. The number of aromatic nitrogens is 5. The third kappa shape index (κ3) is 2.14. The summed E-state index contributed by atoms with van der Waals surface area (Å²) in [6.45, 7) is 0.719. The van der Waals surface area contributed by atoms with Gasteiger partial charge in [-0.3, -0.25) is 9.78 Å². The van der Waals surface area contributed by atoms with Crippen LogP contribution in [0.4, 0.5) is 0 Å². The zero-order chi connectivity index (χ0) is 14.9. The number of fused-ring (bicyclic) bond motifs is 1. The Hall–Kier alpha value is -3.02. The van der Waals surface area contributed by atoms with Crippen LogP contribution in [0.2, 0.25) is 0 Å². The number of ether oxygens (including phenoxy) is 1. The molecule has 110 valence electrons. The van der Waals surface area contributed by atoms with Gasteiger partial charge >= 0.3 is 0 Å². The molecule has 0 radical (unpaired) electrons. The highest BCUT2D eigenvalue weighted by Gasteiger charge is 2.09. The zero-order valence-electron chi connectivity index (χ0n) is 12.1. The highest BCUT2D eigenvalue weighted by atomic mass is 16.5. The van der Waals surface area contributed by atoms with Crippen molar-refractivity contribution in [2.24, 2.45) is 0 Å². The third-order valence-corrected chi connectivity index (χ3v) is 3.66. The van der Waals surface area contributed by atoms with Gasteiger partial charge in [0.05, 0.1) is 31.7 Å². The molecule has 0 unspecified atom stereocenters. The second-order valence-corrected chi connectivity index (χ2v) is 5.07. The zero-order valence-corrected chi connectivity index (χ0v) is 12.1. The molecule has 6 nitrogen and oxygen atoms in total. The molecule has 0 spiro atoms. The van der Waals surface area contributed by atoms with Gasteiger partial charge in [0.15, 0.2) is 5.65 Å². The van der Waals surface area contributed by atoms with Gasteiger partial charge in [0.25, 0.3) is 0 Å². The van der Waals surface area contributed by atoms with Gasteiger partial charge in [-0.25, -0.2) is 9.50 Å². The topological polar surface area (TPSA) is 60.1 Å². The van der Waals surface area contributed by atoms with Crippen LogP contribution >= 0.6 is 0 Å². The molecule has 3 aromatic heterocycles. The van der Waals surface area contributed by atoms with Gasteiger partial charge in [0.1, 0.15) is 5.75 Å². The Bertz CT molecular complexity index is 900. The van der Waals surface area contributed by atoms with E-state index in [1.54, 1.807) is 7.11 Å². The SMILES string of the molecule is COc1ccc(Cn2cc(-c3cnc4cc[nH]n34)cn2)cc1. The molecule has 1 N–H and O–H groups in total. The average Bonchev–Trinajstić information content (AvgIpc) is 3.24. The summed E-state index contributed by atoms with van der Waals surface area (Å²) < 4.78 is 9.03. The number of methoxy groups -OCH3 is 1. The molecule has 0 saturated heterocycles. The summed E-state index contributed by atoms with van der Waals surface area (Å²) in [4.78, 5) is 4.35. The minimum absolute atomic E-state index is 0.719. The minimum atomic E-state index is 0.719. The molecule has 6 heteroatoms. The van der Waals surface area contributed by atoms with Gasteiger partial charge in [-0.2, -0.15) is 5.10 Å². The van der Waals surface area contributed by atoms with E-state index in [0.717, 1.165) is 29.2 Å². The fourth-order valence-electron chi connectivity index (χ4n) is 2.51. The minimum Gasteiger partial charge on any atom is -0.497 e. The summed E-state index contributed by atoms with van der Waals surface area (Å²) in [6.07, 6.45) is 7.59. The fraction of sp³-hybridized carbons (Fsp3) is 0.125. The average molecular weight is 293 g/mol. The van der Waals surface area contributed by atoms with Crippen LogP contribution in [0.1, 0.15) is 5.56 Å². The number of imidazole rings is 1. The van der Waals surface area contributed by atoms with Crippen LogP contribution in [-0.4, -0.2) is 31.5 Å². The lowest BCUT2D eigenvalue weighted by Crippen LogP contribution is -1.99. The Labute approximate surface area is 127 Å². The molecule has 4 rings (SSSR count). The van der Waals surface area contributed by atoms with E-state index in [-0.39, 0.29) is 0 Å². The van der Waals surface area contributed by atoms with E-state index in [1.807, 2.05) is 64.3 Å². The number of benzene rings is 1. The van der Waals surface area contributed by atoms with Crippen molar-refractivity contribution in [1.29, 1.82) is 0 Å². The maximum atomic E-state index is 5.17. The highest BCUT2D eigenvalue weighted by Crippen LogP contribution is 2.20. The smallest absolute Gasteiger partial charge is 0.153 e. The van der Waals surface area contributed by atoms with Crippen LogP contribution in [0.15, 0.2) is 55.1 Å². The Morgan fingerprint density at radius 3 is 2.82 bits per heavy atom. The number of H-pyrrole nitrogens is 1. The number of nitrogens with zero attached hydrogens (tertiary/aromatic N) is 4. The standard InChI is InChI=1S/C16H15N5O/c1-22-14-4-2-12(3-5-14)10-20-11-13(8-19-20)15-9-17-16-6-7-18-21(15)16/h2-9,11,18H,10H2,1H3. The van der Waals surface area contributed by atoms with E-state index < -0.39 is 0 Å². The molecular weight excluding hydrogens is 278 g/mol. The Balaban J connectivity index is 1.59. The largest absolute Gasteiger partial charge is 0.497 e. The number of hydrogen-bond acceptors (Lipinski definition) is 3. The number of rotatable bonds is 4. The van der Waals surface area contributed by atoms with E-state index in [4.69, 9.17) is 4.74 Å². The second kappa shape index (κ2) is 5.07. The quantitative estimate of drug-likeness (QED) is 0.629. The lowest BCUT2D eigenvalue weighted by Gasteiger charge is -2.03. The normalized spacial score (nSPS) is 11.1. The third-order valence-electron chi connectivity index (χ3n) is 3.66. The van der Waals surface area contributed by atoms with Gasteiger partial charge < -0.3 is 4.74 Å². The molecule has 22 heavy (non-hydrogen) atoms. The first-order valence-electron chi connectivity index (χ1n) is 7.00. The number of nitrogens with one attached hydrogen (secondary N) is 1.